The first kappa shape index (κ1) is 22.4. The topological polar surface area (TPSA) is 12.9 Å². The van der Waals surface area contributed by atoms with Crippen LogP contribution in [0.15, 0.2) is 24.3 Å². The molecule has 0 unspecified atom stereocenters. The van der Waals surface area contributed by atoms with Gasteiger partial charge in [0.15, 0.2) is 0 Å². The average molecular weight is 388 g/mol. The zero-order valence-electron chi connectivity index (χ0n) is 17.7. The van der Waals surface area contributed by atoms with E-state index < -0.39 is 0 Å². The van der Waals surface area contributed by atoms with Crippen LogP contribution in [0.1, 0.15) is 115 Å². The summed E-state index contributed by atoms with van der Waals surface area (Å²) in [5.74, 6) is 0. The Kier molecular flexibility index (Phi) is 12.5. The molecule has 0 saturated carbocycles. The van der Waals surface area contributed by atoms with Crippen molar-refractivity contribution in [2.75, 3.05) is 0 Å². The lowest BCUT2D eigenvalue weighted by Gasteiger charge is -2.03. The van der Waals surface area contributed by atoms with Crippen LogP contribution >= 0.6 is 11.3 Å². The first-order chi connectivity index (χ1) is 13.4. The molecule has 0 bridgehead atoms. The SMILES string of the molecule is CCCCCCCCCCCCCCCCCCc1nc2ccccc2s1. The fraction of sp³-hybridized carbons (Fsp3) is 0.720. The first-order valence-corrected chi connectivity index (χ1v) is 12.6. The average Bonchev–Trinajstić information content (AvgIpc) is 3.10. The van der Waals surface area contributed by atoms with Crippen molar-refractivity contribution in [2.45, 2.75) is 116 Å². The third-order valence-electron chi connectivity index (χ3n) is 5.58. The third-order valence-corrected chi connectivity index (χ3v) is 6.68. The number of hydrogen-bond donors (Lipinski definition) is 0. The Hall–Kier alpha value is -0.890. The Bertz CT molecular complexity index is 556. The Morgan fingerprint density at radius 3 is 1.63 bits per heavy atom. The van der Waals surface area contributed by atoms with Gasteiger partial charge in [-0.25, -0.2) is 4.98 Å². The molecule has 0 aliphatic heterocycles. The molecule has 27 heavy (non-hydrogen) atoms. The van der Waals surface area contributed by atoms with Gasteiger partial charge >= 0.3 is 0 Å². The zero-order valence-corrected chi connectivity index (χ0v) is 18.5. The van der Waals surface area contributed by atoms with Crippen LogP contribution < -0.4 is 0 Å². The van der Waals surface area contributed by atoms with Gasteiger partial charge in [0.05, 0.1) is 15.2 Å². The fourth-order valence-electron chi connectivity index (χ4n) is 3.85. The number of nitrogens with zero attached hydrogens (tertiary/aromatic N) is 1. The normalized spacial score (nSPS) is 11.4. The van der Waals surface area contributed by atoms with E-state index in [2.05, 4.69) is 31.2 Å². The summed E-state index contributed by atoms with van der Waals surface area (Å²) < 4.78 is 1.34. The van der Waals surface area contributed by atoms with Crippen LogP contribution in [0.3, 0.4) is 0 Å². The summed E-state index contributed by atoms with van der Waals surface area (Å²) in [6.45, 7) is 2.30. The Morgan fingerprint density at radius 1 is 0.630 bits per heavy atom. The largest absolute Gasteiger partial charge is 0.241 e. The number of hydrogen-bond acceptors (Lipinski definition) is 2. The minimum atomic E-state index is 1.16. The van der Waals surface area contributed by atoms with E-state index >= 15 is 0 Å². The van der Waals surface area contributed by atoms with E-state index in [4.69, 9.17) is 4.98 Å². The van der Waals surface area contributed by atoms with Gasteiger partial charge in [0.2, 0.25) is 0 Å². The second kappa shape index (κ2) is 15.1. The Labute approximate surface area is 172 Å². The molecule has 0 saturated heterocycles. The standard InChI is InChI=1S/C25H41NS/c1-2-3-4-5-6-7-8-9-10-11-12-13-14-15-16-17-22-25-26-23-20-18-19-21-24(23)27-25/h18-21H,2-17,22H2,1H3. The monoisotopic (exact) mass is 387 g/mol. The summed E-state index contributed by atoms with van der Waals surface area (Å²) in [5, 5.41) is 1.32. The summed E-state index contributed by atoms with van der Waals surface area (Å²) in [6.07, 6.45) is 24.1. The van der Waals surface area contributed by atoms with Crippen molar-refractivity contribution in [3.63, 3.8) is 0 Å². The molecule has 1 heterocycles. The summed E-state index contributed by atoms with van der Waals surface area (Å²) in [4.78, 5) is 4.74. The van der Waals surface area contributed by atoms with E-state index in [1.165, 1.54) is 118 Å². The molecule has 2 heteroatoms. The molecule has 152 valence electrons. The third kappa shape index (κ3) is 10.3. The molecule has 0 aliphatic rings. The Morgan fingerprint density at radius 2 is 1.11 bits per heavy atom. The lowest BCUT2D eigenvalue weighted by molar-refractivity contribution is 0.529. The van der Waals surface area contributed by atoms with E-state index in [0.29, 0.717) is 0 Å². The number of aromatic nitrogens is 1. The second-order valence-electron chi connectivity index (χ2n) is 8.13. The van der Waals surface area contributed by atoms with Crippen molar-refractivity contribution in [3.8, 4) is 0 Å². The molecule has 0 amide bonds. The van der Waals surface area contributed by atoms with Crippen LogP contribution in [0, 0.1) is 0 Å². The van der Waals surface area contributed by atoms with Crippen LogP contribution in [-0.2, 0) is 6.42 Å². The molecule has 2 aromatic rings. The fourth-order valence-corrected chi connectivity index (χ4v) is 4.86. The highest BCUT2D eigenvalue weighted by Crippen LogP contribution is 2.23. The molecule has 0 aliphatic carbocycles. The lowest BCUT2D eigenvalue weighted by Crippen LogP contribution is -1.86. The first-order valence-electron chi connectivity index (χ1n) is 11.7. The van der Waals surface area contributed by atoms with E-state index in [0.717, 1.165) is 6.42 Å². The van der Waals surface area contributed by atoms with Crippen molar-refractivity contribution < 1.29 is 0 Å². The van der Waals surface area contributed by atoms with E-state index in [1.54, 1.807) is 0 Å². The number of benzene rings is 1. The van der Waals surface area contributed by atoms with Crippen molar-refractivity contribution in [1.29, 1.82) is 0 Å². The zero-order chi connectivity index (χ0) is 19.0. The highest BCUT2D eigenvalue weighted by molar-refractivity contribution is 7.18. The summed E-state index contributed by atoms with van der Waals surface area (Å²) >= 11 is 1.87. The van der Waals surface area contributed by atoms with Gasteiger partial charge in [0.1, 0.15) is 0 Å². The highest BCUT2D eigenvalue weighted by atomic mass is 32.1. The number of rotatable bonds is 17. The number of para-hydroxylation sites is 1. The molecule has 0 atom stereocenters. The minimum Gasteiger partial charge on any atom is -0.241 e. The molecular formula is C25H41NS. The van der Waals surface area contributed by atoms with Gasteiger partial charge in [-0.2, -0.15) is 0 Å². The minimum absolute atomic E-state index is 1.16. The predicted molar refractivity (Wildman–Crippen MR) is 123 cm³/mol. The number of unbranched alkanes of at least 4 members (excludes halogenated alkanes) is 15. The summed E-state index contributed by atoms with van der Waals surface area (Å²) in [7, 11) is 0. The molecule has 1 aromatic heterocycles. The molecular weight excluding hydrogens is 346 g/mol. The molecule has 1 nitrogen and oxygen atoms in total. The number of fused-ring (bicyclic) bond motifs is 1. The van der Waals surface area contributed by atoms with Crippen LogP contribution in [-0.4, -0.2) is 4.98 Å². The van der Waals surface area contributed by atoms with Gasteiger partial charge in [-0.05, 0) is 25.0 Å². The smallest absolute Gasteiger partial charge is 0.0938 e. The molecule has 1 aromatic carbocycles. The van der Waals surface area contributed by atoms with Gasteiger partial charge < -0.3 is 0 Å². The number of aryl methyl sites for hydroxylation is 1. The lowest BCUT2D eigenvalue weighted by atomic mass is 10.0. The van der Waals surface area contributed by atoms with Gasteiger partial charge in [-0.15, -0.1) is 11.3 Å². The maximum atomic E-state index is 4.74. The molecule has 2 rings (SSSR count). The van der Waals surface area contributed by atoms with Gasteiger partial charge in [0, 0.05) is 0 Å². The predicted octanol–water partition coefficient (Wildman–Crippen LogP) is 9.10. The maximum Gasteiger partial charge on any atom is 0.0938 e. The summed E-state index contributed by atoms with van der Waals surface area (Å²) in [6, 6.07) is 8.51. The van der Waals surface area contributed by atoms with E-state index in [1.807, 2.05) is 11.3 Å². The van der Waals surface area contributed by atoms with Crippen molar-refractivity contribution in [1.82, 2.24) is 4.98 Å². The molecule has 0 fully saturated rings. The van der Waals surface area contributed by atoms with Crippen LogP contribution in [0.2, 0.25) is 0 Å². The summed E-state index contributed by atoms with van der Waals surface area (Å²) in [5.41, 5.74) is 1.17. The van der Waals surface area contributed by atoms with Crippen molar-refractivity contribution in [3.05, 3.63) is 29.3 Å². The highest BCUT2D eigenvalue weighted by Gasteiger charge is 2.02. The van der Waals surface area contributed by atoms with Crippen LogP contribution in [0.5, 0.6) is 0 Å². The van der Waals surface area contributed by atoms with Gasteiger partial charge in [-0.1, -0.05) is 115 Å². The number of thiazole rings is 1. The quantitative estimate of drug-likeness (QED) is 0.247. The Balaban J connectivity index is 1.32. The van der Waals surface area contributed by atoms with Crippen LogP contribution in [0.25, 0.3) is 10.2 Å². The molecule has 0 N–H and O–H groups in total. The van der Waals surface area contributed by atoms with Crippen molar-refractivity contribution >= 4 is 21.6 Å². The van der Waals surface area contributed by atoms with Crippen LogP contribution in [0.4, 0.5) is 0 Å². The maximum absolute atomic E-state index is 4.74. The van der Waals surface area contributed by atoms with E-state index in [9.17, 15) is 0 Å². The van der Waals surface area contributed by atoms with Gasteiger partial charge in [0.25, 0.3) is 0 Å². The van der Waals surface area contributed by atoms with Crippen molar-refractivity contribution in [2.24, 2.45) is 0 Å². The van der Waals surface area contributed by atoms with E-state index in [-0.39, 0.29) is 0 Å². The van der Waals surface area contributed by atoms with Gasteiger partial charge in [-0.3, -0.25) is 0 Å². The molecule has 0 spiro atoms. The molecule has 0 radical (unpaired) electrons. The second-order valence-corrected chi connectivity index (χ2v) is 9.24.